The third kappa shape index (κ3) is 7.53. The normalized spacial score (nSPS) is 11.0. The molecule has 0 aliphatic heterocycles. The molecule has 24 heavy (non-hydrogen) atoms. The molecule has 0 bridgehead atoms. The first-order valence-corrected chi connectivity index (χ1v) is 10.3. The number of hydrogen-bond acceptors (Lipinski definition) is 3. The minimum Gasteiger partial charge on any atom is -0.292 e. The molecule has 0 aromatic heterocycles. The molecule has 0 aliphatic rings. The Labute approximate surface area is 147 Å². The monoisotopic (exact) mass is 351 g/mol. The summed E-state index contributed by atoms with van der Waals surface area (Å²) in [5.41, 5.74) is 1.03. The molecule has 0 atom stereocenters. The van der Waals surface area contributed by atoms with Crippen LogP contribution in [0.1, 0.15) is 58.4 Å². The van der Waals surface area contributed by atoms with Gasteiger partial charge >= 0.3 is 7.75 Å². The quantitative estimate of drug-likeness (QED) is 0.225. The minimum atomic E-state index is -3.40. The van der Waals surface area contributed by atoms with Crippen molar-refractivity contribution < 1.29 is 13.6 Å². The molecule has 0 N–H and O–H groups in total. The summed E-state index contributed by atoms with van der Waals surface area (Å²) in [6.45, 7) is 6.87. The van der Waals surface area contributed by atoms with Gasteiger partial charge in [-0.1, -0.05) is 62.4 Å². The summed E-state index contributed by atoms with van der Waals surface area (Å²) in [4.78, 5) is 0. The number of hydrogen-bond donors (Lipinski definition) is 0. The van der Waals surface area contributed by atoms with Gasteiger partial charge in [0.1, 0.15) is 0 Å². The van der Waals surface area contributed by atoms with Crippen LogP contribution in [0.3, 0.4) is 0 Å². The average molecular weight is 351 g/mol. The van der Waals surface area contributed by atoms with Crippen LogP contribution in [0.5, 0.6) is 0 Å². The van der Waals surface area contributed by atoms with Crippen LogP contribution in [0.15, 0.2) is 30.3 Å². The fourth-order valence-corrected chi connectivity index (χ4v) is 3.77. The third-order valence-electron chi connectivity index (χ3n) is 3.42. The number of unbranched alkanes of at least 4 members (excludes halogenated alkanes) is 4. The van der Waals surface area contributed by atoms with E-state index in [0.717, 1.165) is 18.4 Å². The van der Waals surface area contributed by atoms with E-state index in [9.17, 15) is 4.57 Å². The highest BCUT2D eigenvalue weighted by Crippen LogP contribution is 2.52. The van der Waals surface area contributed by atoms with Crippen molar-refractivity contribution in [1.29, 1.82) is 0 Å². The second-order valence-electron chi connectivity index (χ2n) is 5.45. The van der Waals surface area contributed by atoms with Crippen LogP contribution in [0.25, 0.3) is 0 Å². The lowest BCUT2D eigenvalue weighted by atomic mass is 10.2. The number of benzene rings is 1. The first-order valence-electron chi connectivity index (χ1n) is 8.85. The summed E-state index contributed by atoms with van der Waals surface area (Å²) in [6.07, 6.45) is 5.47. The Bertz CT molecular complexity index is 541. The molecule has 4 nitrogen and oxygen atoms in total. The SMILES string of the molecule is CCCCCCC#CN(Cc1ccccc1)P(=O)(OCC)OCC. The molecule has 134 valence electrons. The average Bonchev–Trinajstić information content (AvgIpc) is 2.58. The van der Waals surface area contributed by atoms with Gasteiger partial charge in [-0.15, -0.1) is 0 Å². The Hall–Kier alpha value is -1.27. The van der Waals surface area contributed by atoms with Crippen molar-refractivity contribution >= 4 is 7.75 Å². The summed E-state index contributed by atoms with van der Waals surface area (Å²) in [5.74, 6) is 3.13. The summed E-state index contributed by atoms with van der Waals surface area (Å²) < 4.78 is 25.5. The maximum Gasteiger partial charge on any atom is 0.442 e. The molecule has 1 rings (SSSR count). The molecule has 0 fully saturated rings. The van der Waals surface area contributed by atoms with Crippen molar-refractivity contribution in [3.05, 3.63) is 35.9 Å². The Morgan fingerprint density at radius 1 is 1.00 bits per heavy atom. The Morgan fingerprint density at radius 2 is 1.67 bits per heavy atom. The molecule has 0 saturated carbocycles. The molecule has 5 heteroatoms. The van der Waals surface area contributed by atoms with Gasteiger partial charge in [-0.25, -0.2) is 9.24 Å². The maximum absolute atomic E-state index is 13.1. The highest BCUT2D eigenvalue weighted by molar-refractivity contribution is 7.51. The molecule has 0 aliphatic carbocycles. The van der Waals surface area contributed by atoms with Gasteiger partial charge in [0, 0.05) is 12.5 Å². The first kappa shape index (κ1) is 20.8. The van der Waals surface area contributed by atoms with Gasteiger partial charge in [0.05, 0.1) is 19.8 Å². The van der Waals surface area contributed by atoms with E-state index in [1.807, 2.05) is 44.2 Å². The van der Waals surface area contributed by atoms with E-state index >= 15 is 0 Å². The van der Waals surface area contributed by atoms with Crippen LogP contribution in [-0.2, 0) is 20.2 Å². The summed E-state index contributed by atoms with van der Waals surface area (Å²) in [6, 6.07) is 12.9. The summed E-state index contributed by atoms with van der Waals surface area (Å²) in [7, 11) is -3.40. The lowest BCUT2D eigenvalue weighted by Crippen LogP contribution is -2.18. The van der Waals surface area contributed by atoms with Gasteiger partial charge in [0.2, 0.25) is 0 Å². The van der Waals surface area contributed by atoms with E-state index in [1.165, 1.54) is 23.9 Å². The summed E-state index contributed by atoms with van der Waals surface area (Å²) in [5, 5.41) is 0. The van der Waals surface area contributed by atoms with Crippen molar-refractivity contribution in [3.63, 3.8) is 0 Å². The van der Waals surface area contributed by atoms with E-state index in [2.05, 4.69) is 18.9 Å². The lowest BCUT2D eigenvalue weighted by molar-refractivity contribution is 0.184. The minimum absolute atomic E-state index is 0.320. The molecular weight excluding hydrogens is 321 g/mol. The zero-order valence-electron chi connectivity index (χ0n) is 15.2. The lowest BCUT2D eigenvalue weighted by Gasteiger charge is -2.26. The number of rotatable bonds is 11. The fourth-order valence-electron chi connectivity index (χ4n) is 2.23. The van der Waals surface area contributed by atoms with Crippen LogP contribution in [0.2, 0.25) is 0 Å². The smallest absolute Gasteiger partial charge is 0.292 e. The van der Waals surface area contributed by atoms with Crippen LogP contribution in [-0.4, -0.2) is 17.9 Å². The molecule has 1 aromatic rings. The third-order valence-corrected chi connectivity index (χ3v) is 5.42. The van der Waals surface area contributed by atoms with Crippen LogP contribution < -0.4 is 0 Å². The molecule has 0 unspecified atom stereocenters. The second kappa shape index (κ2) is 12.1. The molecule has 0 radical (unpaired) electrons. The van der Waals surface area contributed by atoms with E-state index in [0.29, 0.717) is 19.8 Å². The van der Waals surface area contributed by atoms with Crippen molar-refractivity contribution in [2.75, 3.05) is 13.2 Å². The van der Waals surface area contributed by atoms with Crippen molar-refractivity contribution in [3.8, 4) is 12.0 Å². The Kier molecular flexibility index (Phi) is 10.5. The van der Waals surface area contributed by atoms with Crippen molar-refractivity contribution in [1.82, 2.24) is 4.67 Å². The molecule has 1 aromatic carbocycles. The van der Waals surface area contributed by atoms with Gasteiger partial charge in [-0.05, 0) is 25.8 Å². The van der Waals surface area contributed by atoms with Crippen LogP contribution in [0, 0.1) is 12.0 Å². The molecule has 0 heterocycles. The highest BCUT2D eigenvalue weighted by Gasteiger charge is 2.31. The molecule has 0 saturated heterocycles. The predicted octanol–water partition coefficient (Wildman–Crippen LogP) is 5.60. The van der Waals surface area contributed by atoms with Crippen molar-refractivity contribution in [2.24, 2.45) is 0 Å². The zero-order chi connectivity index (χ0) is 17.7. The van der Waals surface area contributed by atoms with Gasteiger partial charge in [-0.3, -0.25) is 9.05 Å². The Balaban J connectivity index is 2.85. The summed E-state index contributed by atoms with van der Waals surface area (Å²) >= 11 is 0. The largest absolute Gasteiger partial charge is 0.442 e. The maximum atomic E-state index is 13.1. The molecular formula is C19H30NO3P. The van der Waals surface area contributed by atoms with E-state index < -0.39 is 7.75 Å². The van der Waals surface area contributed by atoms with Gasteiger partial charge in [0.25, 0.3) is 0 Å². The molecule has 0 spiro atoms. The standard InChI is InChI=1S/C19H30NO3P/c1-4-7-8-9-10-14-17-20(18-19-15-12-11-13-16-19)24(21,22-5-2)23-6-3/h11-13,15-16H,4-10,18H2,1-3H3. The van der Waals surface area contributed by atoms with Gasteiger partial charge in [0.15, 0.2) is 0 Å². The zero-order valence-corrected chi connectivity index (χ0v) is 16.1. The highest BCUT2D eigenvalue weighted by atomic mass is 31.2. The fraction of sp³-hybridized carbons (Fsp3) is 0.579. The van der Waals surface area contributed by atoms with E-state index in [1.54, 1.807) is 0 Å². The van der Waals surface area contributed by atoms with Crippen LogP contribution in [0.4, 0.5) is 0 Å². The second-order valence-corrected chi connectivity index (χ2v) is 7.38. The van der Waals surface area contributed by atoms with E-state index in [4.69, 9.17) is 9.05 Å². The number of nitrogens with zero attached hydrogens (tertiary/aromatic N) is 1. The van der Waals surface area contributed by atoms with Gasteiger partial charge < -0.3 is 0 Å². The van der Waals surface area contributed by atoms with Crippen molar-refractivity contribution in [2.45, 2.75) is 59.4 Å². The predicted molar refractivity (Wildman–Crippen MR) is 99.4 cm³/mol. The topological polar surface area (TPSA) is 38.8 Å². The molecule has 0 amide bonds. The van der Waals surface area contributed by atoms with Crippen LogP contribution >= 0.6 is 7.75 Å². The van der Waals surface area contributed by atoms with Gasteiger partial charge in [-0.2, -0.15) is 0 Å². The first-order chi connectivity index (χ1) is 11.7. The van der Waals surface area contributed by atoms with E-state index in [-0.39, 0.29) is 0 Å². The Morgan fingerprint density at radius 3 is 2.25 bits per heavy atom.